The van der Waals surface area contributed by atoms with Crippen molar-refractivity contribution in [3.05, 3.63) is 61.7 Å². The predicted molar refractivity (Wildman–Crippen MR) is 106 cm³/mol. The van der Waals surface area contributed by atoms with Crippen LogP contribution >= 0.6 is 23.5 Å². The number of allylic oxidation sites excluding steroid dienone is 3. The smallest absolute Gasteiger partial charge is 0.346 e. The lowest BCUT2D eigenvalue weighted by Crippen LogP contribution is -2.19. The summed E-state index contributed by atoms with van der Waals surface area (Å²) in [4.78, 5) is 38.9. The summed E-state index contributed by atoms with van der Waals surface area (Å²) in [6, 6.07) is 7.45. The van der Waals surface area contributed by atoms with Gasteiger partial charge in [-0.25, -0.2) is 9.59 Å². The highest BCUT2D eigenvalue weighted by Crippen LogP contribution is 2.50. The Kier molecular flexibility index (Phi) is 5.76. The summed E-state index contributed by atoms with van der Waals surface area (Å²) in [5.41, 5.74) is 2.10. The first-order chi connectivity index (χ1) is 13.0. The molecule has 8 heteroatoms. The Morgan fingerprint density at radius 1 is 1.04 bits per heavy atom. The van der Waals surface area contributed by atoms with Gasteiger partial charge in [-0.15, -0.1) is 0 Å². The Balaban J connectivity index is 1.90. The fourth-order valence-corrected chi connectivity index (χ4v) is 5.06. The van der Waals surface area contributed by atoms with Gasteiger partial charge in [-0.05, 0) is 31.2 Å². The Bertz CT molecular complexity index is 886. The zero-order valence-electron chi connectivity index (χ0n) is 15.0. The molecule has 27 heavy (non-hydrogen) atoms. The molecule has 0 radical (unpaired) electrons. The summed E-state index contributed by atoms with van der Waals surface area (Å²) < 4.78 is 10.2. The fourth-order valence-electron chi connectivity index (χ4n) is 2.78. The number of carbonyl (C=O) groups is 3. The van der Waals surface area contributed by atoms with Crippen LogP contribution in [0.5, 0.6) is 0 Å². The van der Waals surface area contributed by atoms with Crippen molar-refractivity contribution in [2.24, 2.45) is 0 Å². The lowest BCUT2D eigenvalue weighted by molar-refractivity contribution is -0.138. The summed E-state index contributed by atoms with van der Waals surface area (Å²) in [7, 11) is 2.51. The highest BCUT2D eigenvalue weighted by atomic mass is 32.2. The van der Waals surface area contributed by atoms with Crippen molar-refractivity contribution in [3.63, 3.8) is 0 Å². The second-order valence-electron chi connectivity index (χ2n) is 5.47. The zero-order valence-corrected chi connectivity index (χ0v) is 16.6. The molecule has 0 fully saturated rings. The van der Waals surface area contributed by atoms with Crippen molar-refractivity contribution in [1.29, 1.82) is 0 Å². The van der Waals surface area contributed by atoms with E-state index in [9.17, 15) is 14.4 Å². The second-order valence-corrected chi connectivity index (χ2v) is 7.84. The minimum absolute atomic E-state index is 0.0494. The molecule has 2 aliphatic heterocycles. The topological polar surface area (TPSA) is 72.9 Å². The summed E-state index contributed by atoms with van der Waals surface area (Å²) in [6.45, 7) is 2.62. The van der Waals surface area contributed by atoms with Gasteiger partial charge in [0.15, 0.2) is 0 Å². The van der Waals surface area contributed by atoms with Gasteiger partial charge in [0, 0.05) is 12.1 Å². The van der Waals surface area contributed by atoms with Crippen LogP contribution in [0.4, 0.5) is 5.69 Å². The number of carbonyl (C=O) groups excluding carboxylic acids is 3. The molecule has 0 aromatic heterocycles. The molecule has 0 saturated heterocycles. The third kappa shape index (κ3) is 3.54. The molecule has 2 heterocycles. The number of nitrogens with zero attached hydrogens (tertiary/aromatic N) is 1. The van der Waals surface area contributed by atoms with Gasteiger partial charge in [0.1, 0.15) is 9.81 Å². The van der Waals surface area contributed by atoms with Crippen molar-refractivity contribution in [1.82, 2.24) is 0 Å². The molecule has 0 bridgehead atoms. The predicted octanol–water partition coefficient (Wildman–Crippen LogP) is 3.47. The number of hydrogen-bond donors (Lipinski definition) is 0. The highest BCUT2D eigenvalue weighted by molar-refractivity contribution is 8.29. The molecule has 0 atom stereocenters. The number of para-hydroxylation sites is 1. The minimum atomic E-state index is -0.594. The molecular weight excluding hydrogens is 386 g/mol. The molecule has 0 spiro atoms. The van der Waals surface area contributed by atoms with E-state index in [1.165, 1.54) is 14.2 Å². The third-order valence-corrected chi connectivity index (χ3v) is 6.46. The van der Waals surface area contributed by atoms with Gasteiger partial charge >= 0.3 is 11.9 Å². The number of likely N-dealkylation sites (N-methyl/N-ethyl adjacent to an activating group) is 1. The zero-order chi connectivity index (χ0) is 19.6. The minimum Gasteiger partial charge on any atom is -0.465 e. The van der Waals surface area contributed by atoms with Crippen LogP contribution in [0.25, 0.3) is 0 Å². The van der Waals surface area contributed by atoms with E-state index < -0.39 is 11.9 Å². The van der Waals surface area contributed by atoms with Crippen molar-refractivity contribution in [3.8, 4) is 0 Å². The number of fused-ring (bicyclic) bond motifs is 1. The van der Waals surface area contributed by atoms with Gasteiger partial charge in [-0.3, -0.25) is 4.79 Å². The van der Waals surface area contributed by atoms with E-state index in [2.05, 4.69) is 0 Å². The summed E-state index contributed by atoms with van der Waals surface area (Å²) in [5.74, 6) is -1.24. The lowest BCUT2D eigenvalue weighted by Gasteiger charge is -2.17. The van der Waals surface area contributed by atoms with Crippen LogP contribution in [-0.4, -0.2) is 38.5 Å². The lowest BCUT2D eigenvalue weighted by atomic mass is 10.1. The van der Waals surface area contributed by atoms with E-state index in [1.807, 2.05) is 30.0 Å². The Morgan fingerprint density at radius 2 is 1.63 bits per heavy atom. The van der Waals surface area contributed by atoms with Crippen molar-refractivity contribution >= 4 is 46.9 Å². The van der Waals surface area contributed by atoms with Crippen LogP contribution in [0, 0.1) is 0 Å². The second kappa shape index (κ2) is 8.06. The van der Waals surface area contributed by atoms with Crippen LogP contribution < -0.4 is 4.90 Å². The molecule has 0 N–H and O–H groups in total. The molecule has 0 amide bonds. The number of rotatable bonds is 4. The standard InChI is InChI=1S/C19H17NO5S2/c1-4-20-12-8-6-5-7-11(12)15(21)13(20)9-10-14-26-16(18(22)24-2)17(27-14)19(23)25-3/h5-10H,4H2,1-3H3. The molecule has 3 rings (SSSR count). The normalized spacial score (nSPS) is 17.4. The third-order valence-electron chi connectivity index (χ3n) is 4.01. The molecule has 140 valence electrons. The van der Waals surface area contributed by atoms with E-state index in [0.717, 1.165) is 29.2 Å². The SMILES string of the molecule is CCN1C(=CC=C2SC(C(=O)OC)=C(C(=O)OC)S2)C(=O)c2ccccc21. The molecule has 0 unspecified atom stereocenters. The maximum absolute atomic E-state index is 12.7. The average Bonchev–Trinajstić information content (AvgIpc) is 3.24. The van der Waals surface area contributed by atoms with Gasteiger partial charge in [0.2, 0.25) is 5.78 Å². The first kappa shape index (κ1) is 19.3. The summed E-state index contributed by atoms with van der Waals surface area (Å²) >= 11 is 2.25. The molecule has 6 nitrogen and oxygen atoms in total. The number of ketones is 1. The van der Waals surface area contributed by atoms with Crippen LogP contribution in [-0.2, 0) is 19.1 Å². The van der Waals surface area contributed by atoms with Gasteiger partial charge in [-0.2, -0.15) is 0 Å². The Hall–Kier alpha value is -2.45. The molecule has 1 aromatic carbocycles. The number of methoxy groups -OCH3 is 2. The summed E-state index contributed by atoms with van der Waals surface area (Å²) in [6.07, 6.45) is 3.45. The highest BCUT2D eigenvalue weighted by Gasteiger charge is 2.33. The van der Waals surface area contributed by atoms with E-state index in [0.29, 0.717) is 22.0 Å². The Labute approximate surface area is 165 Å². The van der Waals surface area contributed by atoms with E-state index in [4.69, 9.17) is 9.47 Å². The number of Topliss-reactive ketones (excluding diaryl/α,β-unsaturated/α-hetero) is 1. The van der Waals surface area contributed by atoms with Crippen molar-refractivity contribution in [2.75, 3.05) is 25.7 Å². The number of benzene rings is 1. The number of thioether (sulfide) groups is 2. The fraction of sp³-hybridized carbons (Fsp3) is 0.211. The molecule has 0 saturated carbocycles. The van der Waals surface area contributed by atoms with Crippen LogP contribution in [0.1, 0.15) is 17.3 Å². The monoisotopic (exact) mass is 403 g/mol. The Morgan fingerprint density at radius 3 is 2.19 bits per heavy atom. The quantitative estimate of drug-likeness (QED) is 0.559. The van der Waals surface area contributed by atoms with E-state index >= 15 is 0 Å². The van der Waals surface area contributed by atoms with Crippen LogP contribution in [0.2, 0.25) is 0 Å². The van der Waals surface area contributed by atoms with Gasteiger partial charge < -0.3 is 14.4 Å². The first-order valence-corrected chi connectivity index (χ1v) is 9.75. The van der Waals surface area contributed by atoms with Gasteiger partial charge in [-0.1, -0.05) is 35.7 Å². The molecular formula is C19H17NO5S2. The number of anilines is 1. The molecule has 2 aliphatic rings. The molecule has 0 aliphatic carbocycles. The van der Waals surface area contributed by atoms with Crippen molar-refractivity contribution < 1.29 is 23.9 Å². The maximum Gasteiger partial charge on any atom is 0.346 e. The molecule has 1 aromatic rings. The maximum atomic E-state index is 12.7. The van der Waals surface area contributed by atoms with E-state index in [1.54, 1.807) is 18.2 Å². The van der Waals surface area contributed by atoms with E-state index in [-0.39, 0.29) is 15.6 Å². The average molecular weight is 403 g/mol. The van der Waals surface area contributed by atoms with Gasteiger partial charge in [0.25, 0.3) is 0 Å². The van der Waals surface area contributed by atoms with Crippen molar-refractivity contribution in [2.45, 2.75) is 6.92 Å². The number of ether oxygens (including phenoxy) is 2. The number of esters is 2. The van der Waals surface area contributed by atoms with Crippen LogP contribution in [0.3, 0.4) is 0 Å². The number of hydrogen-bond acceptors (Lipinski definition) is 8. The first-order valence-electron chi connectivity index (χ1n) is 8.11. The summed E-state index contributed by atoms with van der Waals surface area (Å²) in [5, 5.41) is 0. The largest absolute Gasteiger partial charge is 0.465 e. The van der Waals surface area contributed by atoms with Crippen LogP contribution in [0.15, 0.2) is 56.2 Å². The van der Waals surface area contributed by atoms with Gasteiger partial charge in [0.05, 0.1) is 29.8 Å².